The third kappa shape index (κ3) is 7.25. The Morgan fingerprint density at radius 3 is 2.68 bits per heavy atom. The summed E-state index contributed by atoms with van der Waals surface area (Å²) in [4.78, 5) is 4.25. The van der Waals surface area contributed by atoms with Gasteiger partial charge in [0.15, 0.2) is 5.96 Å². The first-order chi connectivity index (χ1) is 8.63. The number of nitrogens with zero attached hydrogens (tertiary/aromatic N) is 1. The molecule has 4 nitrogen and oxygen atoms in total. The van der Waals surface area contributed by atoms with Gasteiger partial charge in [-0.3, -0.25) is 4.99 Å². The topological polar surface area (TPSA) is 59.6 Å². The van der Waals surface area contributed by atoms with Crippen molar-refractivity contribution in [1.82, 2.24) is 5.32 Å². The molecule has 1 rings (SSSR count). The number of methoxy groups -OCH3 is 1. The molecule has 0 saturated carbocycles. The fraction of sp³-hybridized carbons (Fsp3) is 0.500. The normalized spacial score (nSPS) is 11.1. The van der Waals surface area contributed by atoms with Gasteiger partial charge in [0, 0.05) is 13.1 Å². The first-order valence-electron chi connectivity index (χ1n) is 6.29. The average molecular weight is 377 g/mol. The average Bonchev–Trinajstić information content (AvgIpc) is 2.37. The number of benzene rings is 1. The summed E-state index contributed by atoms with van der Waals surface area (Å²) in [6.07, 6.45) is 0.863. The molecule has 0 atom stereocenters. The van der Waals surface area contributed by atoms with Gasteiger partial charge < -0.3 is 15.8 Å². The van der Waals surface area contributed by atoms with Crippen molar-refractivity contribution in [3.05, 3.63) is 29.8 Å². The van der Waals surface area contributed by atoms with Crippen LogP contribution >= 0.6 is 24.0 Å². The Hall–Kier alpha value is -0.980. The Morgan fingerprint density at radius 1 is 1.37 bits per heavy atom. The second-order valence-corrected chi connectivity index (χ2v) is 4.61. The van der Waals surface area contributed by atoms with E-state index in [2.05, 4.69) is 30.2 Å². The first kappa shape index (κ1) is 18.0. The molecule has 19 heavy (non-hydrogen) atoms. The molecule has 0 radical (unpaired) electrons. The number of guanidine groups is 1. The molecule has 5 heteroatoms. The molecule has 1 aromatic rings. The molecule has 108 valence electrons. The first-order valence-corrected chi connectivity index (χ1v) is 6.29. The number of halogens is 1. The van der Waals surface area contributed by atoms with Gasteiger partial charge in [0.25, 0.3) is 0 Å². The third-order valence-electron chi connectivity index (χ3n) is 2.52. The lowest BCUT2D eigenvalue weighted by atomic mass is 10.1. The standard InChI is InChI=1S/C14H23N3O.HI/c1-11(2)10-17-14(15)16-9-8-12-6-4-5-7-13(12)18-3;/h4-7,11H,8-10H2,1-3H3,(H3,15,16,17);1H. The fourth-order valence-electron chi connectivity index (χ4n) is 1.57. The van der Waals surface area contributed by atoms with Crippen LogP contribution in [0.1, 0.15) is 19.4 Å². The Balaban J connectivity index is 0.00000324. The van der Waals surface area contributed by atoms with E-state index in [1.54, 1.807) is 7.11 Å². The lowest BCUT2D eigenvalue weighted by Crippen LogP contribution is -2.33. The van der Waals surface area contributed by atoms with E-state index < -0.39 is 0 Å². The number of hydrogen-bond acceptors (Lipinski definition) is 2. The summed E-state index contributed by atoms with van der Waals surface area (Å²) >= 11 is 0. The summed E-state index contributed by atoms with van der Waals surface area (Å²) in [5.74, 6) is 1.95. The molecule has 0 bridgehead atoms. The molecule has 0 aromatic heterocycles. The van der Waals surface area contributed by atoms with Crippen LogP contribution in [0.3, 0.4) is 0 Å². The van der Waals surface area contributed by atoms with E-state index >= 15 is 0 Å². The van der Waals surface area contributed by atoms with Crippen molar-refractivity contribution in [1.29, 1.82) is 0 Å². The minimum absolute atomic E-state index is 0. The van der Waals surface area contributed by atoms with Crippen LogP contribution in [0.25, 0.3) is 0 Å². The largest absolute Gasteiger partial charge is 0.496 e. The van der Waals surface area contributed by atoms with Gasteiger partial charge in [0.2, 0.25) is 0 Å². The van der Waals surface area contributed by atoms with Gasteiger partial charge in [0.1, 0.15) is 5.75 Å². The van der Waals surface area contributed by atoms with Gasteiger partial charge in [0.05, 0.1) is 7.11 Å². The lowest BCUT2D eigenvalue weighted by Gasteiger charge is -2.09. The van der Waals surface area contributed by atoms with Crippen molar-refractivity contribution in [2.24, 2.45) is 16.6 Å². The molecular formula is C14H24IN3O. The van der Waals surface area contributed by atoms with E-state index in [0.29, 0.717) is 11.9 Å². The molecular weight excluding hydrogens is 353 g/mol. The zero-order valence-corrected chi connectivity index (χ0v) is 14.2. The number of nitrogens with two attached hydrogens (primary N) is 1. The van der Waals surface area contributed by atoms with Gasteiger partial charge in [-0.05, 0) is 24.0 Å². The van der Waals surface area contributed by atoms with E-state index in [4.69, 9.17) is 10.5 Å². The van der Waals surface area contributed by atoms with E-state index in [-0.39, 0.29) is 24.0 Å². The van der Waals surface area contributed by atoms with Crippen LogP contribution in [0.2, 0.25) is 0 Å². The van der Waals surface area contributed by atoms with Gasteiger partial charge in [-0.2, -0.15) is 0 Å². The molecule has 0 heterocycles. The SMILES string of the molecule is COc1ccccc1CCNC(N)=NCC(C)C.I. The van der Waals surface area contributed by atoms with Crippen LogP contribution in [0.4, 0.5) is 0 Å². The molecule has 0 spiro atoms. The van der Waals surface area contributed by atoms with Crippen LogP contribution < -0.4 is 15.8 Å². The van der Waals surface area contributed by atoms with Crippen LogP contribution in [0.15, 0.2) is 29.3 Å². The van der Waals surface area contributed by atoms with Crippen molar-refractivity contribution in [2.45, 2.75) is 20.3 Å². The van der Waals surface area contributed by atoms with Gasteiger partial charge >= 0.3 is 0 Å². The Kier molecular flexibility index (Phi) is 9.38. The predicted molar refractivity (Wildman–Crippen MR) is 91.4 cm³/mol. The molecule has 0 aliphatic carbocycles. The second-order valence-electron chi connectivity index (χ2n) is 4.61. The highest BCUT2D eigenvalue weighted by Gasteiger charge is 2.01. The van der Waals surface area contributed by atoms with Crippen molar-refractivity contribution >= 4 is 29.9 Å². The highest BCUT2D eigenvalue weighted by atomic mass is 127. The van der Waals surface area contributed by atoms with Crippen molar-refractivity contribution in [3.63, 3.8) is 0 Å². The smallest absolute Gasteiger partial charge is 0.188 e. The number of rotatable bonds is 6. The summed E-state index contributed by atoms with van der Waals surface area (Å²) in [5, 5.41) is 3.11. The highest BCUT2D eigenvalue weighted by molar-refractivity contribution is 14.0. The Bertz CT molecular complexity index is 394. The number of hydrogen-bond donors (Lipinski definition) is 2. The van der Waals surface area contributed by atoms with E-state index in [1.165, 1.54) is 5.56 Å². The third-order valence-corrected chi connectivity index (χ3v) is 2.52. The molecule has 0 fully saturated rings. The maximum absolute atomic E-state index is 5.76. The van der Waals surface area contributed by atoms with Crippen LogP contribution in [0.5, 0.6) is 5.75 Å². The summed E-state index contributed by atoms with van der Waals surface area (Å²) < 4.78 is 5.29. The number of ether oxygens (including phenoxy) is 1. The predicted octanol–water partition coefficient (Wildman–Crippen LogP) is 2.42. The molecule has 0 saturated heterocycles. The number of nitrogens with one attached hydrogen (secondary N) is 1. The van der Waals surface area contributed by atoms with Crippen molar-refractivity contribution in [3.8, 4) is 5.75 Å². The highest BCUT2D eigenvalue weighted by Crippen LogP contribution is 2.17. The monoisotopic (exact) mass is 377 g/mol. The second kappa shape index (κ2) is 9.89. The molecule has 3 N–H and O–H groups in total. The molecule has 0 aliphatic heterocycles. The molecule has 0 amide bonds. The minimum atomic E-state index is 0. The van der Waals surface area contributed by atoms with E-state index in [1.807, 2.05) is 18.2 Å². The van der Waals surface area contributed by atoms with Crippen LogP contribution in [-0.2, 0) is 6.42 Å². The van der Waals surface area contributed by atoms with E-state index in [9.17, 15) is 0 Å². The van der Waals surface area contributed by atoms with Crippen LogP contribution in [0, 0.1) is 5.92 Å². The van der Waals surface area contributed by atoms with Gasteiger partial charge in [-0.25, -0.2) is 0 Å². The summed E-state index contributed by atoms with van der Waals surface area (Å²) in [6.45, 7) is 5.75. The summed E-state index contributed by atoms with van der Waals surface area (Å²) in [7, 11) is 1.69. The maximum atomic E-state index is 5.76. The van der Waals surface area contributed by atoms with Crippen molar-refractivity contribution < 1.29 is 4.74 Å². The molecule has 1 aromatic carbocycles. The molecule has 0 unspecified atom stereocenters. The zero-order chi connectivity index (χ0) is 13.4. The number of para-hydroxylation sites is 1. The minimum Gasteiger partial charge on any atom is -0.496 e. The van der Waals surface area contributed by atoms with Crippen LogP contribution in [-0.4, -0.2) is 26.2 Å². The number of aliphatic imine (C=N–C) groups is 1. The molecule has 0 aliphatic rings. The maximum Gasteiger partial charge on any atom is 0.188 e. The summed E-state index contributed by atoms with van der Waals surface area (Å²) in [6, 6.07) is 8.00. The lowest BCUT2D eigenvalue weighted by molar-refractivity contribution is 0.409. The Labute approximate surface area is 132 Å². The summed E-state index contributed by atoms with van der Waals surface area (Å²) in [5.41, 5.74) is 6.93. The Morgan fingerprint density at radius 2 is 2.05 bits per heavy atom. The van der Waals surface area contributed by atoms with E-state index in [0.717, 1.165) is 25.3 Å². The zero-order valence-electron chi connectivity index (χ0n) is 11.8. The fourth-order valence-corrected chi connectivity index (χ4v) is 1.57. The van der Waals surface area contributed by atoms with Crippen molar-refractivity contribution in [2.75, 3.05) is 20.2 Å². The van der Waals surface area contributed by atoms with Gasteiger partial charge in [-0.15, -0.1) is 24.0 Å². The quantitative estimate of drug-likeness (QED) is 0.455. The van der Waals surface area contributed by atoms with Gasteiger partial charge in [-0.1, -0.05) is 32.0 Å².